The second kappa shape index (κ2) is 15.6. The van der Waals surface area contributed by atoms with Crippen molar-refractivity contribution in [3.63, 3.8) is 0 Å². The molecule has 0 heterocycles. The number of halogens is 3. The van der Waals surface area contributed by atoms with Crippen molar-refractivity contribution >= 4 is 62.3 Å². The summed E-state index contributed by atoms with van der Waals surface area (Å²) in [6.07, 6.45) is 0.195. The van der Waals surface area contributed by atoms with E-state index < -0.39 is 28.5 Å². The van der Waals surface area contributed by atoms with Crippen LogP contribution in [-0.4, -0.2) is 44.3 Å². The number of carbonyl (C=O) groups is 2. The van der Waals surface area contributed by atoms with Crippen LogP contribution in [0.25, 0.3) is 0 Å². The van der Waals surface area contributed by atoms with Crippen LogP contribution in [0, 0.1) is 5.92 Å². The van der Waals surface area contributed by atoms with Gasteiger partial charge >= 0.3 is 0 Å². The Morgan fingerprint density at radius 1 is 0.800 bits per heavy atom. The number of hydrogen-bond donors (Lipinski definition) is 1. The van der Waals surface area contributed by atoms with E-state index in [2.05, 4.69) is 5.32 Å². The molecular formula is C34H34Cl3N3O4S. The van der Waals surface area contributed by atoms with Crippen molar-refractivity contribution < 1.29 is 18.0 Å². The summed E-state index contributed by atoms with van der Waals surface area (Å²) in [5, 5.41) is 3.53. The van der Waals surface area contributed by atoms with Gasteiger partial charge in [0.05, 0.1) is 20.6 Å². The number of anilines is 1. The number of nitrogens with one attached hydrogen (secondary N) is 1. The molecule has 2 amide bonds. The average Bonchev–Trinajstić information content (AvgIpc) is 3.02. The molecule has 0 aliphatic heterocycles. The van der Waals surface area contributed by atoms with E-state index in [0.717, 1.165) is 9.87 Å². The fourth-order valence-electron chi connectivity index (χ4n) is 4.73. The van der Waals surface area contributed by atoms with Gasteiger partial charge in [-0.3, -0.25) is 13.9 Å². The molecule has 45 heavy (non-hydrogen) atoms. The zero-order chi connectivity index (χ0) is 32.6. The van der Waals surface area contributed by atoms with E-state index >= 15 is 0 Å². The molecule has 4 aromatic carbocycles. The van der Waals surface area contributed by atoms with Crippen LogP contribution in [0.15, 0.2) is 108 Å². The number of hydrogen-bond acceptors (Lipinski definition) is 4. The predicted octanol–water partition coefficient (Wildman–Crippen LogP) is 7.25. The first kappa shape index (κ1) is 34.3. The molecule has 1 atom stereocenters. The highest BCUT2D eigenvalue weighted by Gasteiger charge is 2.35. The lowest BCUT2D eigenvalue weighted by Crippen LogP contribution is -2.53. The maximum Gasteiger partial charge on any atom is 0.264 e. The third kappa shape index (κ3) is 9.01. The summed E-state index contributed by atoms with van der Waals surface area (Å²) in [6, 6.07) is 27.7. The summed E-state index contributed by atoms with van der Waals surface area (Å²) in [4.78, 5) is 29.7. The third-order valence-corrected chi connectivity index (χ3v) is 9.83. The molecule has 0 unspecified atom stereocenters. The van der Waals surface area contributed by atoms with Gasteiger partial charge in [0, 0.05) is 24.5 Å². The van der Waals surface area contributed by atoms with Crippen molar-refractivity contribution in [1.82, 2.24) is 10.2 Å². The maximum absolute atomic E-state index is 14.5. The Labute approximate surface area is 279 Å². The smallest absolute Gasteiger partial charge is 0.264 e. The van der Waals surface area contributed by atoms with Gasteiger partial charge in [0.2, 0.25) is 11.8 Å². The monoisotopic (exact) mass is 685 g/mol. The standard InChI is InChI=1S/C34H34Cl3N3O4S/c1-24(2)21-38-34(42)31(20-25-11-5-3-6-12-25)39(22-26-13-9-14-27(35)19-26)32(41)23-40(30-18-10-17-29(36)33(30)37)45(43,44)28-15-7-4-8-16-28/h3-19,24,31H,20-23H2,1-2H3,(H,38,42)/t31-/m1/s1. The van der Waals surface area contributed by atoms with Gasteiger partial charge in [-0.15, -0.1) is 0 Å². The van der Waals surface area contributed by atoms with Crippen molar-refractivity contribution in [2.75, 3.05) is 17.4 Å². The summed E-state index contributed by atoms with van der Waals surface area (Å²) in [7, 11) is -4.31. The number of rotatable bonds is 13. The van der Waals surface area contributed by atoms with Gasteiger partial charge in [0.15, 0.2) is 0 Å². The lowest BCUT2D eigenvalue weighted by atomic mass is 10.0. The minimum atomic E-state index is -4.31. The van der Waals surface area contributed by atoms with Gasteiger partial charge in [-0.05, 0) is 53.4 Å². The third-order valence-electron chi connectivity index (χ3n) is 7.01. The molecule has 0 aliphatic carbocycles. The number of amides is 2. The molecule has 0 aromatic heterocycles. The number of carbonyl (C=O) groups excluding carboxylic acids is 2. The first-order valence-corrected chi connectivity index (χ1v) is 16.9. The van der Waals surface area contributed by atoms with Gasteiger partial charge < -0.3 is 10.2 Å². The molecule has 7 nitrogen and oxygen atoms in total. The zero-order valence-electron chi connectivity index (χ0n) is 24.9. The highest BCUT2D eigenvalue weighted by molar-refractivity contribution is 7.92. The molecule has 236 valence electrons. The minimum absolute atomic E-state index is 0.00546. The van der Waals surface area contributed by atoms with Crippen LogP contribution in [0.2, 0.25) is 15.1 Å². The van der Waals surface area contributed by atoms with Gasteiger partial charge in [0.1, 0.15) is 12.6 Å². The molecule has 11 heteroatoms. The Balaban J connectivity index is 1.82. The summed E-state index contributed by atoms with van der Waals surface area (Å²) in [6.45, 7) is 3.69. The van der Waals surface area contributed by atoms with E-state index in [9.17, 15) is 18.0 Å². The predicted molar refractivity (Wildman–Crippen MR) is 181 cm³/mol. The Hall–Kier alpha value is -3.56. The molecule has 0 aliphatic rings. The molecule has 0 fully saturated rings. The van der Waals surface area contributed by atoms with Crippen LogP contribution in [0.4, 0.5) is 5.69 Å². The summed E-state index contributed by atoms with van der Waals surface area (Å²) >= 11 is 19.1. The molecule has 0 spiro atoms. The fraction of sp³-hybridized carbons (Fsp3) is 0.235. The van der Waals surface area contributed by atoms with Crippen molar-refractivity contribution in [2.24, 2.45) is 5.92 Å². The molecule has 4 rings (SSSR count). The van der Waals surface area contributed by atoms with Crippen molar-refractivity contribution in [3.8, 4) is 0 Å². The molecule has 0 bridgehead atoms. The molecular weight excluding hydrogens is 653 g/mol. The van der Waals surface area contributed by atoms with Crippen LogP contribution < -0.4 is 9.62 Å². The lowest BCUT2D eigenvalue weighted by Gasteiger charge is -2.34. The Morgan fingerprint density at radius 3 is 2.07 bits per heavy atom. The first-order valence-electron chi connectivity index (χ1n) is 14.3. The second-order valence-corrected chi connectivity index (χ2v) is 14.0. The van der Waals surface area contributed by atoms with Crippen LogP contribution >= 0.6 is 34.8 Å². The summed E-state index contributed by atoms with van der Waals surface area (Å²) in [5.41, 5.74) is 1.54. The van der Waals surface area contributed by atoms with E-state index in [1.54, 1.807) is 48.5 Å². The highest BCUT2D eigenvalue weighted by Crippen LogP contribution is 2.35. The van der Waals surface area contributed by atoms with Gasteiger partial charge in [-0.25, -0.2) is 8.42 Å². The van der Waals surface area contributed by atoms with Gasteiger partial charge in [-0.1, -0.05) is 115 Å². The summed E-state index contributed by atoms with van der Waals surface area (Å²) in [5.74, 6) is -0.813. The topological polar surface area (TPSA) is 86.8 Å². The minimum Gasteiger partial charge on any atom is -0.354 e. The molecule has 0 saturated heterocycles. The molecule has 0 radical (unpaired) electrons. The zero-order valence-corrected chi connectivity index (χ0v) is 28.0. The van der Waals surface area contributed by atoms with Crippen LogP contribution in [-0.2, 0) is 32.6 Å². The van der Waals surface area contributed by atoms with Crippen molar-refractivity contribution in [1.29, 1.82) is 0 Å². The molecule has 1 N–H and O–H groups in total. The van der Waals surface area contributed by atoms with Crippen LogP contribution in [0.5, 0.6) is 0 Å². The van der Waals surface area contributed by atoms with Crippen LogP contribution in [0.1, 0.15) is 25.0 Å². The average molecular weight is 687 g/mol. The summed E-state index contributed by atoms with van der Waals surface area (Å²) < 4.78 is 29.1. The van der Waals surface area contributed by atoms with Crippen molar-refractivity contribution in [3.05, 3.63) is 129 Å². The van der Waals surface area contributed by atoms with Gasteiger partial charge in [-0.2, -0.15) is 0 Å². The number of nitrogens with zero attached hydrogens (tertiary/aromatic N) is 2. The number of benzene rings is 4. The number of sulfonamides is 1. The fourth-order valence-corrected chi connectivity index (χ4v) is 6.83. The van der Waals surface area contributed by atoms with E-state index in [-0.39, 0.29) is 45.4 Å². The Bertz CT molecular complexity index is 1720. The normalized spacial score (nSPS) is 12.0. The molecule has 0 saturated carbocycles. The highest BCUT2D eigenvalue weighted by atomic mass is 35.5. The van der Waals surface area contributed by atoms with Gasteiger partial charge in [0.25, 0.3) is 10.0 Å². The van der Waals surface area contributed by atoms with E-state index in [4.69, 9.17) is 34.8 Å². The van der Waals surface area contributed by atoms with Crippen molar-refractivity contribution in [2.45, 2.75) is 37.8 Å². The van der Waals surface area contributed by atoms with E-state index in [1.165, 1.54) is 29.2 Å². The Morgan fingerprint density at radius 2 is 1.42 bits per heavy atom. The first-order chi connectivity index (χ1) is 21.5. The second-order valence-electron chi connectivity index (χ2n) is 10.9. The lowest BCUT2D eigenvalue weighted by molar-refractivity contribution is -0.140. The Kier molecular flexibility index (Phi) is 11.9. The molecule has 4 aromatic rings. The SMILES string of the molecule is CC(C)CNC(=O)[C@@H](Cc1ccccc1)N(Cc1cccc(Cl)c1)C(=O)CN(c1cccc(Cl)c1Cl)S(=O)(=O)c1ccccc1. The van der Waals surface area contributed by atoms with E-state index in [1.807, 2.05) is 44.2 Å². The quantitative estimate of drug-likeness (QED) is 0.161. The van der Waals surface area contributed by atoms with Crippen LogP contribution in [0.3, 0.4) is 0 Å². The largest absolute Gasteiger partial charge is 0.354 e. The maximum atomic E-state index is 14.5. The van der Waals surface area contributed by atoms with E-state index in [0.29, 0.717) is 17.1 Å².